The van der Waals surface area contributed by atoms with Gasteiger partial charge in [0.25, 0.3) is 0 Å². The lowest BCUT2D eigenvalue weighted by atomic mass is 10.1. The van der Waals surface area contributed by atoms with Crippen LogP contribution >= 0.6 is 11.6 Å². The fourth-order valence-electron chi connectivity index (χ4n) is 3.89. The molecule has 1 saturated heterocycles. The average Bonchev–Trinajstić information content (AvgIpc) is 3.52. The third-order valence-corrected chi connectivity index (χ3v) is 5.77. The Hall–Kier alpha value is -2.11. The normalized spacial score (nSPS) is 19.3. The molecule has 28 heavy (non-hydrogen) atoms. The number of hydrogen-bond acceptors (Lipinski definition) is 5. The number of anilines is 1. The Morgan fingerprint density at radius 1 is 1.21 bits per heavy atom. The number of hydrogen-bond donors (Lipinski definition) is 1. The van der Waals surface area contributed by atoms with Crippen molar-refractivity contribution in [2.45, 2.75) is 19.8 Å². The van der Waals surface area contributed by atoms with Gasteiger partial charge in [0.2, 0.25) is 0 Å². The quantitative estimate of drug-likeness (QED) is 0.782. The van der Waals surface area contributed by atoms with Crippen molar-refractivity contribution >= 4 is 29.7 Å². The Labute approximate surface area is 171 Å². The van der Waals surface area contributed by atoms with Crippen molar-refractivity contribution in [3.05, 3.63) is 40.0 Å². The van der Waals surface area contributed by atoms with Crippen molar-refractivity contribution < 1.29 is 0 Å². The molecule has 2 fully saturated rings. The Balaban J connectivity index is 1.70. The van der Waals surface area contributed by atoms with E-state index in [2.05, 4.69) is 39.2 Å². The Morgan fingerprint density at radius 3 is 2.64 bits per heavy atom. The molecule has 0 amide bonds. The molecule has 0 bridgehead atoms. The first kappa shape index (κ1) is 19.2. The summed E-state index contributed by atoms with van der Waals surface area (Å²) in [5.74, 6) is 2.00. The maximum atomic E-state index is 6.12. The number of aromatic nitrogens is 2. The number of nitrogens with one attached hydrogen (secondary N) is 1. The highest BCUT2D eigenvalue weighted by Gasteiger charge is 2.27. The summed E-state index contributed by atoms with van der Waals surface area (Å²) >= 11 is 6.12. The van der Waals surface area contributed by atoms with Crippen LogP contribution in [0, 0.1) is 5.92 Å². The van der Waals surface area contributed by atoms with E-state index in [0.717, 1.165) is 54.4 Å². The van der Waals surface area contributed by atoms with E-state index in [1.165, 1.54) is 24.6 Å². The largest absolute Gasteiger partial charge is 0.393 e. The summed E-state index contributed by atoms with van der Waals surface area (Å²) in [6.45, 7) is 7.60. The maximum Gasteiger partial charge on any atom is 0.136 e. The van der Waals surface area contributed by atoms with E-state index in [-0.39, 0.29) is 0 Å². The maximum absolute atomic E-state index is 6.12. The first-order chi connectivity index (χ1) is 13.7. The zero-order valence-electron chi connectivity index (χ0n) is 16.7. The number of nitrogens with zero attached hydrogens (tertiary/aromatic N) is 4. The average molecular weight is 398 g/mol. The van der Waals surface area contributed by atoms with Crippen molar-refractivity contribution in [2.24, 2.45) is 5.92 Å². The van der Waals surface area contributed by atoms with Gasteiger partial charge in [0.1, 0.15) is 11.0 Å². The van der Waals surface area contributed by atoms with Gasteiger partial charge in [0.15, 0.2) is 0 Å². The van der Waals surface area contributed by atoms with Crippen LogP contribution in [0.1, 0.15) is 19.8 Å². The van der Waals surface area contributed by atoms with E-state index in [1.807, 2.05) is 25.4 Å². The standard InChI is InChI=1S/C22H28ClN5/c1-3-19-18(14-24-2)12-20(17-6-7-25-21(23)13-17)26-22(19)28-10-8-27(9-11-28)15-16-4-5-16/h3,6-7,12-14,16,24H,4-5,8-11,15H2,1-2H3/b18-14-,19-3+. The fraction of sp³-hybridized carbons (Fsp3) is 0.455. The van der Waals surface area contributed by atoms with Crippen LogP contribution in [-0.4, -0.2) is 54.6 Å². The van der Waals surface area contributed by atoms with Crippen molar-refractivity contribution in [2.75, 3.05) is 44.7 Å². The molecule has 0 aromatic carbocycles. The van der Waals surface area contributed by atoms with Crippen LogP contribution in [0.3, 0.4) is 0 Å². The summed E-state index contributed by atoms with van der Waals surface area (Å²) in [5, 5.41) is 5.97. The number of halogens is 1. The summed E-state index contributed by atoms with van der Waals surface area (Å²) in [4.78, 5) is 14.2. The minimum absolute atomic E-state index is 0.486. The first-order valence-electron chi connectivity index (χ1n) is 10.1. The second kappa shape index (κ2) is 8.50. The van der Waals surface area contributed by atoms with Crippen LogP contribution in [0.5, 0.6) is 0 Å². The molecule has 5 nitrogen and oxygen atoms in total. The van der Waals surface area contributed by atoms with Gasteiger partial charge in [-0.15, -0.1) is 0 Å². The molecular formula is C22H28ClN5. The molecule has 0 unspecified atom stereocenters. The second-order valence-electron chi connectivity index (χ2n) is 7.65. The smallest absolute Gasteiger partial charge is 0.136 e. The van der Waals surface area contributed by atoms with Crippen LogP contribution in [-0.2, 0) is 0 Å². The zero-order valence-corrected chi connectivity index (χ0v) is 17.4. The van der Waals surface area contributed by atoms with Gasteiger partial charge in [-0.2, -0.15) is 0 Å². The zero-order chi connectivity index (χ0) is 19.5. The molecule has 2 aliphatic rings. The van der Waals surface area contributed by atoms with Gasteiger partial charge in [-0.1, -0.05) is 17.7 Å². The molecule has 1 aliphatic heterocycles. The van der Waals surface area contributed by atoms with Crippen LogP contribution < -0.4 is 20.7 Å². The predicted octanol–water partition coefficient (Wildman–Crippen LogP) is 2.09. The molecule has 3 heterocycles. The monoisotopic (exact) mass is 397 g/mol. The minimum Gasteiger partial charge on any atom is -0.393 e. The summed E-state index contributed by atoms with van der Waals surface area (Å²) in [7, 11) is 1.93. The van der Waals surface area contributed by atoms with Crippen molar-refractivity contribution in [1.82, 2.24) is 20.2 Å². The SMILES string of the molecule is C/C=c1/c(N2CCN(CC3CC3)CC2)nc(-c2ccnc(Cl)c2)c/c1=C/NC. The molecule has 1 saturated carbocycles. The molecule has 0 spiro atoms. The summed E-state index contributed by atoms with van der Waals surface area (Å²) in [6.07, 6.45) is 8.76. The van der Waals surface area contributed by atoms with Crippen LogP contribution in [0.15, 0.2) is 24.4 Å². The Kier molecular flexibility index (Phi) is 5.83. The van der Waals surface area contributed by atoms with Crippen molar-refractivity contribution in [1.29, 1.82) is 0 Å². The molecule has 1 N–H and O–H groups in total. The lowest BCUT2D eigenvalue weighted by Gasteiger charge is -2.36. The van der Waals surface area contributed by atoms with Crippen LogP contribution in [0.2, 0.25) is 5.15 Å². The van der Waals surface area contributed by atoms with Crippen molar-refractivity contribution in [3.63, 3.8) is 0 Å². The van der Waals surface area contributed by atoms with Gasteiger partial charge in [-0.25, -0.2) is 9.97 Å². The summed E-state index contributed by atoms with van der Waals surface area (Å²) in [6, 6.07) is 5.95. The van der Waals surface area contributed by atoms with Gasteiger partial charge in [0.05, 0.1) is 5.69 Å². The number of pyridine rings is 2. The lowest BCUT2D eigenvalue weighted by Crippen LogP contribution is -2.49. The minimum atomic E-state index is 0.486. The molecule has 2 aromatic rings. The van der Waals surface area contributed by atoms with E-state index >= 15 is 0 Å². The molecular weight excluding hydrogens is 370 g/mol. The molecule has 0 radical (unpaired) electrons. The first-order valence-corrected chi connectivity index (χ1v) is 10.5. The topological polar surface area (TPSA) is 44.3 Å². The van der Waals surface area contributed by atoms with Gasteiger partial charge in [-0.05, 0) is 43.9 Å². The van der Waals surface area contributed by atoms with E-state index < -0.39 is 0 Å². The van der Waals surface area contributed by atoms with Gasteiger partial charge in [-0.3, -0.25) is 4.90 Å². The Bertz CT molecular complexity index is 946. The van der Waals surface area contributed by atoms with Crippen LogP contribution in [0.25, 0.3) is 23.5 Å². The summed E-state index contributed by atoms with van der Waals surface area (Å²) in [5.41, 5.74) is 1.91. The van der Waals surface area contributed by atoms with E-state index in [1.54, 1.807) is 6.20 Å². The molecule has 148 valence electrons. The van der Waals surface area contributed by atoms with Crippen LogP contribution in [0.4, 0.5) is 5.82 Å². The Morgan fingerprint density at radius 2 is 2.00 bits per heavy atom. The highest BCUT2D eigenvalue weighted by molar-refractivity contribution is 6.29. The van der Waals surface area contributed by atoms with Crippen molar-refractivity contribution in [3.8, 4) is 11.3 Å². The highest BCUT2D eigenvalue weighted by Crippen LogP contribution is 2.30. The highest BCUT2D eigenvalue weighted by atomic mass is 35.5. The predicted molar refractivity (Wildman–Crippen MR) is 117 cm³/mol. The molecule has 6 heteroatoms. The lowest BCUT2D eigenvalue weighted by molar-refractivity contribution is 0.247. The number of rotatable bonds is 5. The van der Waals surface area contributed by atoms with Gasteiger partial charge in [0, 0.05) is 68.2 Å². The van der Waals surface area contributed by atoms with Gasteiger partial charge < -0.3 is 10.2 Å². The number of piperazine rings is 1. The van der Waals surface area contributed by atoms with E-state index in [4.69, 9.17) is 16.6 Å². The molecule has 0 atom stereocenters. The summed E-state index contributed by atoms with van der Waals surface area (Å²) < 4.78 is 0. The van der Waals surface area contributed by atoms with E-state index in [9.17, 15) is 0 Å². The second-order valence-corrected chi connectivity index (χ2v) is 8.04. The molecule has 4 rings (SSSR count). The third-order valence-electron chi connectivity index (χ3n) is 5.57. The molecule has 2 aromatic heterocycles. The molecule has 1 aliphatic carbocycles. The third kappa shape index (κ3) is 4.31. The van der Waals surface area contributed by atoms with E-state index in [0.29, 0.717) is 5.15 Å². The van der Waals surface area contributed by atoms with Gasteiger partial charge >= 0.3 is 0 Å². The fourth-order valence-corrected chi connectivity index (χ4v) is 4.06.